The van der Waals surface area contributed by atoms with Crippen LogP contribution in [0.25, 0.3) is 5.82 Å². The van der Waals surface area contributed by atoms with Crippen molar-refractivity contribution in [2.75, 3.05) is 13.7 Å². The van der Waals surface area contributed by atoms with Gasteiger partial charge in [-0.15, -0.1) is 0 Å². The van der Waals surface area contributed by atoms with E-state index in [9.17, 15) is 14.7 Å². The molecule has 2 N–H and O–H groups in total. The maximum Gasteiger partial charge on any atom is 0.312 e. The monoisotopic (exact) mass is 423 g/mol. The molecule has 0 radical (unpaired) electrons. The van der Waals surface area contributed by atoms with Gasteiger partial charge in [0.05, 0.1) is 25.2 Å². The minimum absolute atomic E-state index is 0.105. The van der Waals surface area contributed by atoms with Gasteiger partial charge in [0.25, 0.3) is 5.56 Å². The quantitative estimate of drug-likeness (QED) is 0.610. The molecule has 31 heavy (non-hydrogen) atoms. The molecule has 0 aliphatic heterocycles. The van der Waals surface area contributed by atoms with Crippen molar-refractivity contribution in [1.29, 1.82) is 0 Å². The normalized spacial score (nSPS) is 22.6. The third-order valence-electron chi connectivity index (χ3n) is 5.75. The van der Waals surface area contributed by atoms with Crippen LogP contribution in [-0.2, 0) is 16.0 Å². The summed E-state index contributed by atoms with van der Waals surface area (Å²) < 4.78 is 11.9. The van der Waals surface area contributed by atoms with E-state index in [1.165, 1.54) is 4.68 Å². The molecule has 3 unspecified atom stereocenters. The number of H-pyrrole nitrogens is 1. The molecule has 3 atom stereocenters. The predicted molar refractivity (Wildman–Crippen MR) is 113 cm³/mol. The number of aromatic amines is 1. The summed E-state index contributed by atoms with van der Waals surface area (Å²) in [7, 11) is 1.57. The first kappa shape index (κ1) is 20.9. The Morgan fingerprint density at radius 1 is 1.29 bits per heavy atom. The Morgan fingerprint density at radius 3 is 2.65 bits per heavy atom. The Hall–Kier alpha value is -3.39. The highest BCUT2D eigenvalue weighted by molar-refractivity contribution is 5.77. The average molecular weight is 423 g/mol. The van der Waals surface area contributed by atoms with Crippen LogP contribution in [0, 0.1) is 5.92 Å². The number of pyridine rings is 1. The number of carbonyl (C=O) groups is 1. The van der Waals surface area contributed by atoms with Gasteiger partial charge in [-0.3, -0.25) is 14.7 Å². The van der Waals surface area contributed by atoms with Crippen LogP contribution in [0.4, 0.5) is 0 Å². The van der Waals surface area contributed by atoms with Gasteiger partial charge in [-0.1, -0.05) is 18.2 Å². The molecule has 8 heteroatoms. The second-order valence-electron chi connectivity index (χ2n) is 7.85. The third kappa shape index (κ3) is 3.63. The number of aliphatic hydroxyl groups is 1. The third-order valence-corrected chi connectivity index (χ3v) is 5.75. The Kier molecular flexibility index (Phi) is 5.41. The first-order chi connectivity index (χ1) is 14.9. The lowest BCUT2D eigenvalue weighted by Crippen LogP contribution is -2.50. The van der Waals surface area contributed by atoms with Crippen LogP contribution < -0.4 is 10.3 Å². The predicted octanol–water partition coefficient (Wildman–Crippen LogP) is 2.19. The van der Waals surface area contributed by atoms with E-state index in [1.807, 2.05) is 0 Å². The van der Waals surface area contributed by atoms with Gasteiger partial charge in [-0.05, 0) is 43.7 Å². The summed E-state index contributed by atoms with van der Waals surface area (Å²) in [6.45, 7) is 3.50. The number of nitrogens with zero attached hydrogens (tertiary/aromatic N) is 2. The SMILES string of the molecule is CCOC(=O)C1C(c2ccc(OC)cc2)c2c([nH]n(-c3ccccn3)c2=O)CC1(C)O. The fourth-order valence-electron chi connectivity index (χ4n) is 4.38. The highest BCUT2D eigenvalue weighted by atomic mass is 16.5. The zero-order valence-corrected chi connectivity index (χ0v) is 17.7. The maximum absolute atomic E-state index is 13.5. The summed E-state index contributed by atoms with van der Waals surface area (Å²) in [5.41, 5.74) is -0.0191. The second-order valence-corrected chi connectivity index (χ2v) is 7.85. The van der Waals surface area contributed by atoms with E-state index in [4.69, 9.17) is 9.47 Å². The van der Waals surface area contributed by atoms with Gasteiger partial charge in [-0.25, -0.2) is 9.67 Å². The van der Waals surface area contributed by atoms with E-state index in [0.717, 1.165) is 0 Å². The minimum Gasteiger partial charge on any atom is -0.497 e. The molecule has 162 valence electrons. The van der Waals surface area contributed by atoms with E-state index in [0.29, 0.717) is 28.4 Å². The van der Waals surface area contributed by atoms with Gasteiger partial charge in [0.1, 0.15) is 5.75 Å². The van der Waals surface area contributed by atoms with Gasteiger partial charge in [-0.2, -0.15) is 0 Å². The Bertz CT molecular complexity index is 1130. The van der Waals surface area contributed by atoms with Crippen LogP contribution in [0.3, 0.4) is 0 Å². The zero-order chi connectivity index (χ0) is 22.2. The van der Waals surface area contributed by atoms with Crippen molar-refractivity contribution in [3.05, 3.63) is 75.8 Å². The second kappa shape index (κ2) is 8.03. The highest BCUT2D eigenvalue weighted by Gasteiger charge is 2.51. The molecular weight excluding hydrogens is 398 g/mol. The van der Waals surface area contributed by atoms with Crippen LogP contribution in [-0.4, -0.2) is 45.2 Å². The maximum atomic E-state index is 13.5. The van der Waals surface area contributed by atoms with E-state index in [-0.39, 0.29) is 18.6 Å². The van der Waals surface area contributed by atoms with Gasteiger partial charge >= 0.3 is 5.97 Å². The standard InChI is InChI=1S/C23H25N3O5/c1-4-31-22(28)20-18(14-8-10-15(30-3)11-9-14)19-16(13-23(20,2)29)25-26(21(19)27)17-7-5-6-12-24-17/h5-12,18,20,25,29H,4,13H2,1-3H3. The number of ether oxygens (including phenoxy) is 2. The van der Waals surface area contributed by atoms with Crippen LogP contribution in [0.5, 0.6) is 5.75 Å². The van der Waals surface area contributed by atoms with Crippen LogP contribution in [0.1, 0.15) is 36.6 Å². The molecule has 0 amide bonds. The number of methoxy groups -OCH3 is 1. The molecule has 1 aliphatic carbocycles. The largest absolute Gasteiger partial charge is 0.497 e. The topological polar surface area (TPSA) is 106 Å². The van der Waals surface area contributed by atoms with Crippen molar-refractivity contribution in [2.24, 2.45) is 5.92 Å². The Labute approximate surface area is 179 Å². The molecule has 0 spiro atoms. The highest BCUT2D eigenvalue weighted by Crippen LogP contribution is 2.45. The molecule has 4 rings (SSSR count). The molecule has 1 aliphatic rings. The molecule has 0 fully saturated rings. The summed E-state index contributed by atoms with van der Waals surface area (Å²) in [6, 6.07) is 12.4. The van der Waals surface area contributed by atoms with Crippen molar-refractivity contribution in [2.45, 2.75) is 31.8 Å². The van der Waals surface area contributed by atoms with Crippen molar-refractivity contribution in [3.63, 3.8) is 0 Å². The van der Waals surface area contributed by atoms with Crippen LogP contribution in [0.2, 0.25) is 0 Å². The van der Waals surface area contributed by atoms with Gasteiger partial charge in [0, 0.05) is 29.8 Å². The van der Waals surface area contributed by atoms with Crippen molar-refractivity contribution in [1.82, 2.24) is 14.8 Å². The fourth-order valence-corrected chi connectivity index (χ4v) is 4.38. The lowest BCUT2D eigenvalue weighted by molar-refractivity contribution is -0.159. The number of hydrogen-bond acceptors (Lipinski definition) is 6. The van der Waals surface area contributed by atoms with Gasteiger partial charge in [0.15, 0.2) is 5.82 Å². The molecule has 3 aromatic rings. The number of fused-ring (bicyclic) bond motifs is 1. The number of nitrogens with one attached hydrogen (secondary N) is 1. The lowest BCUT2D eigenvalue weighted by atomic mass is 9.66. The first-order valence-electron chi connectivity index (χ1n) is 10.2. The summed E-state index contributed by atoms with van der Waals surface area (Å²) in [5, 5.41) is 14.4. The lowest BCUT2D eigenvalue weighted by Gasteiger charge is -2.40. The Morgan fingerprint density at radius 2 is 2.03 bits per heavy atom. The number of aromatic nitrogens is 3. The van der Waals surface area contributed by atoms with E-state index >= 15 is 0 Å². The van der Waals surface area contributed by atoms with Crippen molar-refractivity contribution < 1.29 is 19.4 Å². The summed E-state index contributed by atoms with van der Waals surface area (Å²) in [6.07, 6.45) is 1.70. The number of rotatable bonds is 5. The average Bonchev–Trinajstić information content (AvgIpc) is 3.08. The molecule has 2 heterocycles. The fraction of sp³-hybridized carbons (Fsp3) is 0.348. The van der Waals surface area contributed by atoms with E-state index in [2.05, 4.69) is 10.1 Å². The molecule has 8 nitrogen and oxygen atoms in total. The molecule has 0 saturated heterocycles. The minimum atomic E-state index is -1.43. The molecule has 0 saturated carbocycles. The van der Waals surface area contributed by atoms with Crippen LogP contribution >= 0.6 is 0 Å². The zero-order valence-electron chi connectivity index (χ0n) is 17.7. The molecule has 2 aromatic heterocycles. The number of benzene rings is 1. The Balaban J connectivity index is 1.94. The number of esters is 1. The van der Waals surface area contributed by atoms with Crippen molar-refractivity contribution in [3.8, 4) is 11.6 Å². The van der Waals surface area contributed by atoms with Crippen LogP contribution in [0.15, 0.2) is 53.5 Å². The molecule has 0 bridgehead atoms. The summed E-state index contributed by atoms with van der Waals surface area (Å²) in [4.78, 5) is 30.7. The van der Waals surface area contributed by atoms with Gasteiger partial charge in [0.2, 0.25) is 0 Å². The molecule has 1 aromatic carbocycles. The molecular formula is C23H25N3O5. The number of hydrogen-bond donors (Lipinski definition) is 2. The summed E-state index contributed by atoms with van der Waals surface area (Å²) in [5.74, 6) is -1.10. The smallest absolute Gasteiger partial charge is 0.312 e. The van der Waals surface area contributed by atoms with Crippen molar-refractivity contribution >= 4 is 5.97 Å². The van der Waals surface area contributed by atoms with Gasteiger partial charge < -0.3 is 14.6 Å². The van der Waals surface area contributed by atoms with E-state index < -0.39 is 23.4 Å². The van der Waals surface area contributed by atoms with E-state index in [1.54, 1.807) is 69.6 Å². The summed E-state index contributed by atoms with van der Waals surface area (Å²) >= 11 is 0. The first-order valence-corrected chi connectivity index (χ1v) is 10.2. The number of carbonyl (C=O) groups excluding carboxylic acids is 1.